The Morgan fingerprint density at radius 1 is 0.963 bits per heavy atom. The number of aromatic nitrogens is 6. The maximum absolute atomic E-state index is 14.1. The lowest BCUT2D eigenvalue weighted by atomic mass is 10.1. The van der Waals surface area contributed by atoms with E-state index in [4.69, 9.17) is 0 Å². The van der Waals surface area contributed by atoms with Gasteiger partial charge in [-0.1, -0.05) is 29.5 Å². The molecule has 27 heavy (non-hydrogen) atoms. The van der Waals surface area contributed by atoms with Crippen LogP contribution in [0.2, 0.25) is 0 Å². The molecule has 5 aromatic rings. The summed E-state index contributed by atoms with van der Waals surface area (Å²) in [7, 11) is 0. The minimum Gasteiger partial charge on any atom is -0.256 e. The molecule has 5 rings (SSSR count). The van der Waals surface area contributed by atoms with Crippen molar-refractivity contribution in [1.29, 1.82) is 0 Å². The van der Waals surface area contributed by atoms with Crippen LogP contribution in [-0.4, -0.2) is 29.9 Å². The zero-order valence-corrected chi connectivity index (χ0v) is 14.1. The Kier molecular flexibility index (Phi) is 3.57. The minimum atomic E-state index is -0.341. The van der Waals surface area contributed by atoms with Crippen molar-refractivity contribution in [2.45, 2.75) is 6.54 Å². The number of benzene rings is 2. The number of fused-ring (bicyclic) bond motifs is 2. The Hall–Kier alpha value is -3.74. The van der Waals surface area contributed by atoms with Gasteiger partial charge in [0.05, 0.1) is 24.0 Å². The molecule has 0 aliphatic rings. The second-order valence-electron chi connectivity index (χ2n) is 6.16. The maximum atomic E-state index is 14.1. The molecule has 3 heterocycles. The standard InChI is InChI=1S/C20H13FN6/c21-16-6-2-1-5-15(16)18-11-23-19-20(24-18)27(26-25-19)12-13-7-8-17-14(10-13)4-3-9-22-17/h1-11H,12H2. The van der Waals surface area contributed by atoms with E-state index in [9.17, 15) is 4.39 Å². The lowest BCUT2D eigenvalue weighted by Gasteiger charge is -2.05. The van der Waals surface area contributed by atoms with Crippen LogP contribution < -0.4 is 0 Å². The van der Waals surface area contributed by atoms with Crippen LogP contribution in [-0.2, 0) is 6.54 Å². The van der Waals surface area contributed by atoms with Gasteiger partial charge < -0.3 is 0 Å². The highest BCUT2D eigenvalue weighted by Gasteiger charge is 2.12. The largest absolute Gasteiger partial charge is 0.256 e. The molecule has 0 spiro atoms. The van der Waals surface area contributed by atoms with Crippen LogP contribution in [0.1, 0.15) is 5.56 Å². The molecule has 2 aromatic carbocycles. The van der Waals surface area contributed by atoms with Crippen molar-refractivity contribution in [3.05, 3.63) is 78.4 Å². The summed E-state index contributed by atoms with van der Waals surface area (Å²) in [6.07, 6.45) is 3.29. The average Bonchev–Trinajstić information content (AvgIpc) is 3.10. The van der Waals surface area contributed by atoms with Gasteiger partial charge in [0.1, 0.15) is 5.82 Å². The first-order valence-electron chi connectivity index (χ1n) is 8.43. The van der Waals surface area contributed by atoms with Gasteiger partial charge in [-0.25, -0.2) is 19.0 Å². The van der Waals surface area contributed by atoms with Gasteiger partial charge in [0.15, 0.2) is 5.65 Å². The van der Waals surface area contributed by atoms with E-state index in [2.05, 4.69) is 31.3 Å². The fourth-order valence-corrected chi connectivity index (χ4v) is 3.06. The number of halogens is 1. The van der Waals surface area contributed by atoms with Crippen molar-refractivity contribution < 1.29 is 4.39 Å². The van der Waals surface area contributed by atoms with Gasteiger partial charge >= 0.3 is 0 Å². The highest BCUT2D eigenvalue weighted by atomic mass is 19.1. The van der Waals surface area contributed by atoms with Crippen molar-refractivity contribution >= 4 is 22.2 Å². The zero-order valence-electron chi connectivity index (χ0n) is 14.1. The van der Waals surface area contributed by atoms with Crippen LogP contribution in [0.5, 0.6) is 0 Å². The first kappa shape index (κ1) is 15.5. The van der Waals surface area contributed by atoms with Crippen LogP contribution in [0.15, 0.2) is 67.0 Å². The second kappa shape index (κ2) is 6.21. The molecule has 130 valence electrons. The summed E-state index contributed by atoms with van der Waals surface area (Å²) in [5.74, 6) is -0.341. The Labute approximate surface area is 153 Å². The molecule has 0 aliphatic heterocycles. The average molecular weight is 356 g/mol. The lowest BCUT2D eigenvalue weighted by Crippen LogP contribution is -2.04. The van der Waals surface area contributed by atoms with Gasteiger partial charge in [-0.15, -0.1) is 5.10 Å². The van der Waals surface area contributed by atoms with Crippen LogP contribution in [0.3, 0.4) is 0 Å². The topological polar surface area (TPSA) is 69.4 Å². The molecule has 0 saturated heterocycles. The number of pyridine rings is 1. The number of hydrogen-bond donors (Lipinski definition) is 0. The molecule has 0 aliphatic carbocycles. The lowest BCUT2D eigenvalue weighted by molar-refractivity contribution is 0.630. The zero-order chi connectivity index (χ0) is 18.2. The summed E-state index contributed by atoms with van der Waals surface area (Å²) in [5.41, 5.74) is 3.77. The Morgan fingerprint density at radius 2 is 1.89 bits per heavy atom. The fourth-order valence-electron chi connectivity index (χ4n) is 3.06. The summed E-state index contributed by atoms with van der Waals surface area (Å²) in [4.78, 5) is 13.2. The van der Waals surface area contributed by atoms with E-state index < -0.39 is 0 Å². The highest BCUT2D eigenvalue weighted by molar-refractivity contribution is 5.79. The molecule has 0 unspecified atom stereocenters. The predicted molar refractivity (Wildman–Crippen MR) is 99.4 cm³/mol. The third-order valence-corrected chi connectivity index (χ3v) is 4.38. The first-order chi connectivity index (χ1) is 13.3. The smallest absolute Gasteiger partial charge is 0.221 e. The maximum Gasteiger partial charge on any atom is 0.221 e. The number of hydrogen-bond acceptors (Lipinski definition) is 5. The van der Waals surface area contributed by atoms with Crippen molar-refractivity contribution in [3.8, 4) is 11.3 Å². The summed E-state index contributed by atoms with van der Waals surface area (Å²) < 4.78 is 15.8. The molecule has 7 heteroatoms. The van der Waals surface area contributed by atoms with Crippen LogP contribution in [0.25, 0.3) is 33.5 Å². The van der Waals surface area contributed by atoms with E-state index >= 15 is 0 Å². The highest BCUT2D eigenvalue weighted by Crippen LogP contribution is 2.22. The third-order valence-electron chi connectivity index (χ3n) is 4.38. The van der Waals surface area contributed by atoms with Crippen LogP contribution >= 0.6 is 0 Å². The Bertz CT molecular complexity index is 1280. The van der Waals surface area contributed by atoms with Crippen LogP contribution in [0, 0.1) is 5.82 Å². The van der Waals surface area contributed by atoms with Gasteiger partial charge in [0.25, 0.3) is 0 Å². The van der Waals surface area contributed by atoms with E-state index in [-0.39, 0.29) is 5.82 Å². The third kappa shape index (κ3) is 2.79. The van der Waals surface area contributed by atoms with E-state index in [0.717, 1.165) is 16.5 Å². The summed E-state index contributed by atoms with van der Waals surface area (Å²) in [6.45, 7) is 0.483. The predicted octanol–water partition coefficient (Wildman–Crippen LogP) is 3.62. The van der Waals surface area contributed by atoms with E-state index in [1.54, 1.807) is 29.1 Å². The van der Waals surface area contributed by atoms with Crippen molar-refractivity contribution in [1.82, 2.24) is 29.9 Å². The Morgan fingerprint density at radius 3 is 2.81 bits per heavy atom. The van der Waals surface area contributed by atoms with Gasteiger partial charge in [-0.05, 0) is 35.9 Å². The summed E-state index contributed by atoms with van der Waals surface area (Å²) in [6, 6.07) is 16.4. The molecular formula is C20H13FN6. The number of nitrogens with zero attached hydrogens (tertiary/aromatic N) is 6. The van der Waals surface area contributed by atoms with Crippen molar-refractivity contribution in [2.75, 3.05) is 0 Å². The fraction of sp³-hybridized carbons (Fsp3) is 0.0500. The van der Waals surface area contributed by atoms with Crippen molar-refractivity contribution in [3.63, 3.8) is 0 Å². The SMILES string of the molecule is Fc1ccccc1-c1cnc2nnn(Cc3ccc4ncccc4c3)c2n1. The van der Waals surface area contributed by atoms with E-state index in [0.29, 0.717) is 29.1 Å². The molecule has 0 N–H and O–H groups in total. The molecule has 0 amide bonds. The molecular weight excluding hydrogens is 343 g/mol. The quantitative estimate of drug-likeness (QED) is 0.494. The molecule has 0 bridgehead atoms. The second-order valence-corrected chi connectivity index (χ2v) is 6.16. The van der Waals surface area contributed by atoms with Gasteiger partial charge in [0.2, 0.25) is 5.65 Å². The normalized spacial score (nSPS) is 11.3. The monoisotopic (exact) mass is 356 g/mol. The summed E-state index contributed by atoms with van der Waals surface area (Å²) >= 11 is 0. The van der Waals surface area contributed by atoms with Gasteiger partial charge in [-0.3, -0.25) is 4.98 Å². The Balaban J connectivity index is 1.56. The van der Waals surface area contributed by atoms with Gasteiger partial charge in [-0.2, -0.15) is 0 Å². The van der Waals surface area contributed by atoms with E-state index in [1.807, 2.05) is 24.3 Å². The summed E-state index contributed by atoms with van der Waals surface area (Å²) in [5, 5.41) is 9.28. The molecule has 3 aromatic heterocycles. The molecule has 0 saturated carbocycles. The van der Waals surface area contributed by atoms with Crippen LogP contribution in [0.4, 0.5) is 4.39 Å². The molecule has 0 fully saturated rings. The molecule has 0 atom stereocenters. The van der Waals surface area contributed by atoms with Crippen molar-refractivity contribution in [2.24, 2.45) is 0 Å². The first-order valence-corrected chi connectivity index (χ1v) is 8.43. The van der Waals surface area contributed by atoms with E-state index in [1.165, 1.54) is 12.3 Å². The number of rotatable bonds is 3. The molecule has 0 radical (unpaired) electrons. The molecule has 6 nitrogen and oxygen atoms in total. The van der Waals surface area contributed by atoms with Gasteiger partial charge in [0, 0.05) is 17.1 Å². The minimum absolute atomic E-state index is 0.341.